The Balaban J connectivity index is 1.72. The number of rotatable bonds is 5. The monoisotopic (exact) mass is 372 g/mol. The first-order chi connectivity index (χ1) is 12.9. The van der Waals surface area contributed by atoms with Crippen LogP contribution in [0.4, 0.5) is 10.2 Å². The summed E-state index contributed by atoms with van der Waals surface area (Å²) in [5, 5.41) is 17.7. The van der Waals surface area contributed by atoms with E-state index in [1.807, 2.05) is 31.0 Å². The van der Waals surface area contributed by atoms with E-state index in [1.54, 1.807) is 6.07 Å². The maximum absolute atomic E-state index is 13.5. The molecule has 144 valence electrons. The van der Waals surface area contributed by atoms with Gasteiger partial charge in [0.2, 0.25) is 0 Å². The van der Waals surface area contributed by atoms with E-state index in [9.17, 15) is 9.18 Å². The number of nitrogens with zero attached hydrogens (tertiary/aromatic N) is 4. The van der Waals surface area contributed by atoms with E-state index in [2.05, 4.69) is 15.1 Å². The number of halogens is 1. The molecule has 1 aliphatic heterocycles. The van der Waals surface area contributed by atoms with E-state index in [1.165, 1.54) is 12.1 Å². The number of carboxylic acids is 1. The summed E-state index contributed by atoms with van der Waals surface area (Å²) in [5.74, 6) is -0.245. The number of aromatic nitrogens is 2. The second kappa shape index (κ2) is 8.43. The van der Waals surface area contributed by atoms with Gasteiger partial charge in [0.1, 0.15) is 5.82 Å². The van der Waals surface area contributed by atoms with Crippen LogP contribution in [-0.4, -0.2) is 58.9 Å². The van der Waals surface area contributed by atoms with Crippen LogP contribution in [0.25, 0.3) is 11.3 Å². The van der Waals surface area contributed by atoms with Gasteiger partial charge in [0.15, 0.2) is 5.82 Å². The third-order valence-electron chi connectivity index (χ3n) is 5.08. The zero-order valence-electron chi connectivity index (χ0n) is 15.7. The van der Waals surface area contributed by atoms with Gasteiger partial charge in [-0.1, -0.05) is 12.1 Å². The smallest absolute Gasteiger partial charge is 0.317 e. The van der Waals surface area contributed by atoms with Crippen LogP contribution in [0, 0.1) is 12.7 Å². The molecule has 0 radical (unpaired) electrons. The Morgan fingerprint density at radius 2 is 2.11 bits per heavy atom. The zero-order valence-corrected chi connectivity index (χ0v) is 15.7. The first kappa shape index (κ1) is 19.2. The van der Waals surface area contributed by atoms with Gasteiger partial charge in [0.05, 0.1) is 12.2 Å². The molecule has 1 aromatic heterocycles. The molecule has 0 aliphatic carbocycles. The average molecular weight is 372 g/mol. The van der Waals surface area contributed by atoms with Crippen molar-refractivity contribution in [3.63, 3.8) is 0 Å². The minimum absolute atomic E-state index is 0.0613. The summed E-state index contributed by atoms with van der Waals surface area (Å²) in [7, 11) is 1.87. The summed E-state index contributed by atoms with van der Waals surface area (Å²) in [5.41, 5.74) is 2.37. The second-order valence-electron chi connectivity index (χ2n) is 7.13. The second-order valence-corrected chi connectivity index (χ2v) is 7.13. The van der Waals surface area contributed by atoms with Crippen molar-refractivity contribution in [3.05, 3.63) is 41.7 Å². The lowest BCUT2D eigenvalue weighted by molar-refractivity contribution is -0.138. The van der Waals surface area contributed by atoms with Gasteiger partial charge in [0.25, 0.3) is 0 Å². The van der Waals surface area contributed by atoms with Gasteiger partial charge in [-0.25, -0.2) is 4.39 Å². The molecule has 6 nitrogen and oxygen atoms in total. The van der Waals surface area contributed by atoms with Crippen molar-refractivity contribution in [2.24, 2.45) is 0 Å². The number of hydrogen-bond donors (Lipinski definition) is 1. The number of aryl methyl sites for hydroxylation is 1. The quantitative estimate of drug-likeness (QED) is 0.870. The predicted octanol–water partition coefficient (Wildman–Crippen LogP) is 2.97. The molecule has 1 unspecified atom stereocenters. The highest BCUT2D eigenvalue weighted by atomic mass is 19.1. The fourth-order valence-electron chi connectivity index (χ4n) is 3.65. The molecule has 0 amide bonds. The Bertz CT molecular complexity index is 814. The number of hydrogen-bond acceptors (Lipinski definition) is 5. The first-order valence-electron chi connectivity index (χ1n) is 9.21. The number of carbonyl (C=O) groups is 1. The van der Waals surface area contributed by atoms with Gasteiger partial charge >= 0.3 is 5.97 Å². The van der Waals surface area contributed by atoms with Crippen LogP contribution in [-0.2, 0) is 4.79 Å². The van der Waals surface area contributed by atoms with E-state index < -0.39 is 5.97 Å². The summed E-state index contributed by atoms with van der Waals surface area (Å²) >= 11 is 0. The number of carboxylic acid groups (broad SMARTS) is 1. The van der Waals surface area contributed by atoms with E-state index in [4.69, 9.17) is 5.11 Å². The van der Waals surface area contributed by atoms with Crippen molar-refractivity contribution in [2.75, 3.05) is 31.6 Å². The maximum atomic E-state index is 13.5. The van der Waals surface area contributed by atoms with Crippen LogP contribution in [0.3, 0.4) is 0 Å². The molecule has 3 rings (SSSR count). The first-order valence-corrected chi connectivity index (χ1v) is 9.21. The number of anilines is 1. The Morgan fingerprint density at radius 3 is 2.81 bits per heavy atom. The van der Waals surface area contributed by atoms with E-state index >= 15 is 0 Å². The summed E-state index contributed by atoms with van der Waals surface area (Å²) in [4.78, 5) is 15.1. The summed E-state index contributed by atoms with van der Waals surface area (Å²) in [6, 6.07) is 8.55. The molecule has 7 heteroatoms. The van der Waals surface area contributed by atoms with Crippen LogP contribution in [0.15, 0.2) is 30.3 Å². The summed E-state index contributed by atoms with van der Waals surface area (Å²) < 4.78 is 13.5. The van der Waals surface area contributed by atoms with Gasteiger partial charge in [-0.05, 0) is 57.0 Å². The SMILES string of the molecule is Cc1cc(-c2cccc(F)c2)nnc1N1CCCC(N(C)CC(=O)O)CC1. The Kier molecular flexibility index (Phi) is 6.01. The van der Waals surface area contributed by atoms with Crippen LogP contribution >= 0.6 is 0 Å². The third-order valence-corrected chi connectivity index (χ3v) is 5.08. The highest BCUT2D eigenvalue weighted by Crippen LogP contribution is 2.25. The predicted molar refractivity (Wildman–Crippen MR) is 102 cm³/mol. The van der Waals surface area contributed by atoms with Crippen molar-refractivity contribution in [1.82, 2.24) is 15.1 Å². The van der Waals surface area contributed by atoms with E-state index in [-0.39, 0.29) is 18.4 Å². The lowest BCUT2D eigenvalue weighted by atomic mass is 10.1. The highest BCUT2D eigenvalue weighted by Gasteiger charge is 2.23. The van der Waals surface area contributed by atoms with Crippen LogP contribution in [0.1, 0.15) is 24.8 Å². The number of benzene rings is 1. The minimum Gasteiger partial charge on any atom is -0.480 e. The van der Waals surface area contributed by atoms with Crippen molar-refractivity contribution < 1.29 is 14.3 Å². The highest BCUT2D eigenvalue weighted by molar-refractivity contribution is 5.69. The largest absolute Gasteiger partial charge is 0.480 e. The summed E-state index contributed by atoms with van der Waals surface area (Å²) in [6.45, 7) is 3.73. The fraction of sp³-hybridized carbons (Fsp3) is 0.450. The molecule has 2 heterocycles. The lowest BCUT2D eigenvalue weighted by Gasteiger charge is -2.26. The summed E-state index contributed by atoms with van der Waals surface area (Å²) in [6.07, 6.45) is 2.83. The average Bonchev–Trinajstić information content (AvgIpc) is 2.87. The molecule has 1 atom stereocenters. The molecule has 27 heavy (non-hydrogen) atoms. The van der Waals surface area contributed by atoms with Crippen molar-refractivity contribution in [2.45, 2.75) is 32.2 Å². The van der Waals surface area contributed by atoms with Crippen molar-refractivity contribution in [1.29, 1.82) is 0 Å². The molecule has 1 aromatic carbocycles. The molecule has 1 aliphatic rings. The van der Waals surface area contributed by atoms with Gasteiger partial charge in [-0.2, -0.15) is 0 Å². The Labute approximate surface area is 158 Å². The lowest BCUT2D eigenvalue weighted by Crippen LogP contribution is -2.36. The number of likely N-dealkylation sites (N-methyl/N-ethyl adjacent to an activating group) is 1. The molecule has 1 fully saturated rings. The molecule has 1 N–H and O–H groups in total. The standard InChI is InChI=1S/C20H25FN4O2/c1-14-11-18(15-5-3-6-16(21)12-15)22-23-20(14)25-9-4-7-17(8-10-25)24(2)13-19(26)27/h3,5-6,11-12,17H,4,7-10,13H2,1-2H3,(H,26,27). The van der Waals surface area contributed by atoms with Gasteiger partial charge in [-0.3, -0.25) is 9.69 Å². The molecule has 2 aromatic rings. The van der Waals surface area contributed by atoms with Gasteiger partial charge in [0, 0.05) is 24.7 Å². The fourth-order valence-corrected chi connectivity index (χ4v) is 3.65. The molecule has 1 saturated heterocycles. The number of aliphatic carboxylic acids is 1. The topological polar surface area (TPSA) is 69.6 Å². The minimum atomic E-state index is -0.798. The Hall–Kier alpha value is -2.54. The molecular weight excluding hydrogens is 347 g/mol. The van der Waals surface area contributed by atoms with Crippen LogP contribution in [0.5, 0.6) is 0 Å². The molecule has 0 bridgehead atoms. The van der Waals surface area contributed by atoms with Crippen molar-refractivity contribution in [3.8, 4) is 11.3 Å². The molecular formula is C20H25FN4O2. The van der Waals surface area contributed by atoms with E-state index in [0.717, 1.165) is 43.7 Å². The zero-order chi connectivity index (χ0) is 19.4. The van der Waals surface area contributed by atoms with Crippen molar-refractivity contribution >= 4 is 11.8 Å². The molecule has 0 spiro atoms. The normalized spacial score (nSPS) is 17.8. The molecule has 0 saturated carbocycles. The maximum Gasteiger partial charge on any atom is 0.317 e. The van der Waals surface area contributed by atoms with Crippen LogP contribution < -0.4 is 4.90 Å². The van der Waals surface area contributed by atoms with E-state index in [0.29, 0.717) is 11.3 Å². The third kappa shape index (κ3) is 4.80. The Morgan fingerprint density at radius 1 is 1.30 bits per heavy atom. The van der Waals surface area contributed by atoms with Gasteiger partial charge in [-0.15, -0.1) is 10.2 Å². The van der Waals surface area contributed by atoms with Crippen LogP contribution in [0.2, 0.25) is 0 Å². The van der Waals surface area contributed by atoms with Gasteiger partial charge < -0.3 is 10.0 Å².